The molecule has 1 N–H and O–H groups in total. The van der Waals surface area contributed by atoms with Crippen LogP contribution in [0.3, 0.4) is 0 Å². The summed E-state index contributed by atoms with van der Waals surface area (Å²) >= 11 is 0. The third-order valence-corrected chi connectivity index (χ3v) is 2.32. The number of nitrogens with one attached hydrogen (secondary N) is 1. The predicted octanol–water partition coefficient (Wildman–Crippen LogP) is 0.425. The molecular formula is C11H21N3O3. The summed E-state index contributed by atoms with van der Waals surface area (Å²) in [7, 11) is 3.34. The molecule has 1 heterocycles. The number of likely N-dealkylation sites (N-methyl/N-ethyl adjacent to an activating group) is 1. The van der Waals surface area contributed by atoms with E-state index in [2.05, 4.69) is 22.4 Å². The van der Waals surface area contributed by atoms with Crippen molar-refractivity contribution in [3.8, 4) is 0 Å². The molecule has 6 nitrogen and oxygen atoms in total. The van der Waals surface area contributed by atoms with Crippen LogP contribution < -0.4 is 5.32 Å². The summed E-state index contributed by atoms with van der Waals surface area (Å²) in [4.78, 5) is 4.30. The zero-order chi connectivity index (χ0) is 12.5. The number of rotatable bonds is 9. The van der Waals surface area contributed by atoms with Gasteiger partial charge in [0.15, 0.2) is 5.82 Å². The van der Waals surface area contributed by atoms with Crippen molar-refractivity contribution in [1.29, 1.82) is 0 Å². The Balaban J connectivity index is 2.45. The SMILES string of the molecule is CCNC(COC)Cc1nc(CCOC)no1. The van der Waals surface area contributed by atoms with Gasteiger partial charge in [-0.05, 0) is 6.54 Å². The van der Waals surface area contributed by atoms with Crippen molar-refractivity contribution >= 4 is 0 Å². The fourth-order valence-corrected chi connectivity index (χ4v) is 1.56. The van der Waals surface area contributed by atoms with Crippen LogP contribution in [0.25, 0.3) is 0 Å². The van der Waals surface area contributed by atoms with Gasteiger partial charge in [0.25, 0.3) is 0 Å². The van der Waals surface area contributed by atoms with Crippen molar-refractivity contribution in [3.05, 3.63) is 11.7 Å². The maximum absolute atomic E-state index is 5.17. The van der Waals surface area contributed by atoms with Gasteiger partial charge in [0.2, 0.25) is 5.89 Å². The molecule has 0 bridgehead atoms. The van der Waals surface area contributed by atoms with Gasteiger partial charge >= 0.3 is 0 Å². The van der Waals surface area contributed by atoms with E-state index >= 15 is 0 Å². The predicted molar refractivity (Wildman–Crippen MR) is 62.9 cm³/mol. The van der Waals surface area contributed by atoms with Gasteiger partial charge in [-0.2, -0.15) is 4.98 Å². The summed E-state index contributed by atoms with van der Waals surface area (Å²) in [5, 5.41) is 7.20. The molecule has 6 heteroatoms. The van der Waals surface area contributed by atoms with Crippen LogP contribution in [0.15, 0.2) is 4.52 Å². The summed E-state index contributed by atoms with van der Waals surface area (Å²) in [5.74, 6) is 1.33. The molecule has 1 atom stereocenters. The number of methoxy groups -OCH3 is 2. The quantitative estimate of drug-likeness (QED) is 0.678. The lowest BCUT2D eigenvalue weighted by molar-refractivity contribution is 0.162. The largest absolute Gasteiger partial charge is 0.384 e. The molecule has 0 radical (unpaired) electrons. The molecule has 1 unspecified atom stereocenters. The van der Waals surface area contributed by atoms with Gasteiger partial charge in [-0.15, -0.1) is 0 Å². The first-order valence-corrected chi connectivity index (χ1v) is 5.82. The van der Waals surface area contributed by atoms with Gasteiger partial charge in [-0.25, -0.2) is 0 Å². The van der Waals surface area contributed by atoms with E-state index in [4.69, 9.17) is 14.0 Å². The average Bonchev–Trinajstić information content (AvgIpc) is 2.75. The Morgan fingerprint density at radius 1 is 1.35 bits per heavy atom. The molecule has 0 spiro atoms. The zero-order valence-electron chi connectivity index (χ0n) is 10.7. The lowest BCUT2D eigenvalue weighted by atomic mass is 10.2. The monoisotopic (exact) mass is 243 g/mol. The fraction of sp³-hybridized carbons (Fsp3) is 0.818. The van der Waals surface area contributed by atoms with Crippen LogP contribution in [-0.4, -0.2) is 50.2 Å². The summed E-state index contributed by atoms with van der Waals surface area (Å²) in [5.41, 5.74) is 0. The highest BCUT2D eigenvalue weighted by atomic mass is 16.5. The zero-order valence-corrected chi connectivity index (χ0v) is 10.7. The second-order valence-electron chi connectivity index (χ2n) is 3.76. The van der Waals surface area contributed by atoms with E-state index in [-0.39, 0.29) is 6.04 Å². The fourth-order valence-electron chi connectivity index (χ4n) is 1.56. The molecule has 0 saturated heterocycles. The maximum Gasteiger partial charge on any atom is 0.228 e. The summed E-state index contributed by atoms with van der Waals surface area (Å²) < 4.78 is 15.3. The number of aromatic nitrogens is 2. The van der Waals surface area contributed by atoms with E-state index in [0.29, 0.717) is 37.8 Å². The van der Waals surface area contributed by atoms with Crippen molar-refractivity contribution in [3.63, 3.8) is 0 Å². The van der Waals surface area contributed by atoms with Gasteiger partial charge < -0.3 is 19.3 Å². The third-order valence-electron chi connectivity index (χ3n) is 2.32. The highest BCUT2D eigenvalue weighted by Crippen LogP contribution is 2.03. The molecule has 0 saturated carbocycles. The highest BCUT2D eigenvalue weighted by Gasteiger charge is 2.13. The minimum Gasteiger partial charge on any atom is -0.384 e. The molecule has 0 aliphatic rings. The Morgan fingerprint density at radius 2 is 2.18 bits per heavy atom. The van der Waals surface area contributed by atoms with Gasteiger partial charge in [-0.3, -0.25) is 0 Å². The molecule has 98 valence electrons. The Kier molecular flexibility index (Phi) is 6.76. The lowest BCUT2D eigenvalue weighted by Crippen LogP contribution is -2.35. The van der Waals surface area contributed by atoms with Gasteiger partial charge in [-0.1, -0.05) is 12.1 Å². The van der Waals surface area contributed by atoms with Crippen molar-refractivity contribution < 1.29 is 14.0 Å². The lowest BCUT2D eigenvalue weighted by Gasteiger charge is -2.14. The Labute approximate surface area is 102 Å². The standard InChI is InChI=1S/C11H21N3O3/c1-4-12-9(8-16-3)7-11-13-10(14-17-11)5-6-15-2/h9,12H,4-8H2,1-3H3. The molecular weight excluding hydrogens is 222 g/mol. The topological polar surface area (TPSA) is 69.4 Å². The van der Waals surface area contributed by atoms with E-state index in [0.717, 1.165) is 6.54 Å². The minimum absolute atomic E-state index is 0.209. The van der Waals surface area contributed by atoms with Crippen LogP contribution in [-0.2, 0) is 22.3 Å². The summed E-state index contributed by atoms with van der Waals surface area (Å²) in [6.45, 7) is 4.18. The van der Waals surface area contributed by atoms with Crippen LogP contribution in [0.4, 0.5) is 0 Å². The normalized spacial score (nSPS) is 12.9. The maximum atomic E-state index is 5.17. The minimum atomic E-state index is 0.209. The van der Waals surface area contributed by atoms with E-state index in [1.165, 1.54) is 0 Å². The smallest absolute Gasteiger partial charge is 0.228 e. The average molecular weight is 243 g/mol. The van der Waals surface area contributed by atoms with Gasteiger partial charge in [0.1, 0.15) is 0 Å². The highest BCUT2D eigenvalue weighted by molar-refractivity contribution is 4.89. The molecule has 0 amide bonds. The Morgan fingerprint density at radius 3 is 2.82 bits per heavy atom. The van der Waals surface area contributed by atoms with Crippen molar-refractivity contribution in [2.45, 2.75) is 25.8 Å². The third kappa shape index (κ3) is 5.25. The molecule has 17 heavy (non-hydrogen) atoms. The van der Waals surface area contributed by atoms with Crippen LogP contribution >= 0.6 is 0 Å². The van der Waals surface area contributed by atoms with Crippen LogP contribution in [0.1, 0.15) is 18.6 Å². The molecule has 0 aliphatic carbocycles. The molecule has 0 aromatic carbocycles. The number of hydrogen-bond acceptors (Lipinski definition) is 6. The second kappa shape index (κ2) is 8.16. The first kappa shape index (κ1) is 14.1. The summed E-state index contributed by atoms with van der Waals surface area (Å²) in [6.07, 6.45) is 1.36. The molecule has 0 aliphatic heterocycles. The first-order valence-electron chi connectivity index (χ1n) is 5.82. The Bertz CT molecular complexity index is 298. The van der Waals surface area contributed by atoms with Crippen molar-refractivity contribution in [1.82, 2.24) is 15.5 Å². The van der Waals surface area contributed by atoms with Crippen LogP contribution in [0.2, 0.25) is 0 Å². The molecule has 1 rings (SSSR count). The van der Waals surface area contributed by atoms with Crippen molar-refractivity contribution in [2.24, 2.45) is 0 Å². The van der Waals surface area contributed by atoms with E-state index in [9.17, 15) is 0 Å². The molecule has 0 fully saturated rings. The van der Waals surface area contributed by atoms with E-state index in [1.807, 2.05) is 0 Å². The number of nitrogens with zero attached hydrogens (tertiary/aromatic N) is 2. The van der Waals surface area contributed by atoms with E-state index < -0.39 is 0 Å². The van der Waals surface area contributed by atoms with Crippen LogP contribution in [0, 0.1) is 0 Å². The molecule has 1 aromatic heterocycles. The van der Waals surface area contributed by atoms with Crippen molar-refractivity contribution in [2.75, 3.05) is 34.0 Å². The first-order chi connectivity index (χ1) is 8.30. The van der Waals surface area contributed by atoms with Gasteiger partial charge in [0.05, 0.1) is 13.2 Å². The number of ether oxygens (including phenoxy) is 2. The van der Waals surface area contributed by atoms with Gasteiger partial charge in [0, 0.05) is 33.1 Å². The van der Waals surface area contributed by atoms with E-state index in [1.54, 1.807) is 14.2 Å². The number of hydrogen-bond donors (Lipinski definition) is 1. The second-order valence-corrected chi connectivity index (χ2v) is 3.76. The van der Waals surface area contributed by atoms with Crippen LogP contribution in [0.5, 0.6) is 0 Å². The summed E-state index contributed by atoms with van der Waals surface area (Å²) in [6, 6.07) is 0.209. The Hall–Kier alpha value is -0.980. The molecule has 1 aromatic rings.